The fourth-order valence-electron chi connectivity index (χ4n) is 2.03. The zero-order valence-corrected chi connectivity index (χ0v) is 12.8. The maximum atomic E-state index is 13.6. The highest BCUT2D eigenvalue weighted by molar-refractivity contribution is 5.73. The van der Waals surface area contributed by atoms with E-state index in [0.29, 0.717) is 18.7 Å². The highest BCUT2D eigenvalue weighted by Crippen LogP contribution is 2.18. The van der Waals surface area contributed by atoms with E-state index in [2.05, 4.69) is 10.4 Å². The molecular weight excluding hydrogens is 287 g/mol. The zero-order chi connectivity index (χ0) is 16.1. The Hall–Kier alpha value is -2.57. The number of benzene rings is 1. The maximum absolute atomic E-state index is 13.6. The van der Waals surface area contributed by atoms with Gasteiger partial charge in [0.15, 0.2) is 11.6 Å². The Balaban J connectivity index is 1.91. The van der Waals surface area contributed by atoms with Crippen LogP contribution in [0.5, 0.6) is 5.75 Å². The second-order valence-corrected chi connectivity index (χ2v) is 4.93. The third-order valence-electron chi connectivity index (χ3n) is 3.33. The molecule has 1 aromatic carbocycles. The number of halogens is 1. The first kappa shape index (κ1) is 15.8. The number of carbonyl (C=O) groups is 1. The van der Waals surface area contributed by atoms with Crippen molar-refractivity contribution in [3.63, 3.8) is 0 Å². The summed E-state index contributed by atoms with van der Waals surface area (Å²) in [4.78, 5) is 13.5. The van der Waals surface area contributed by atoms with Crippen LogP contribution in [0, 0.1) is 5.82 Å². The van der Waals surface area contributed by atoms with Gasteiger partial charge >= 0.3 is 6.03 Å². The fourth-order valence-corrected chi connectivity index (χ4v) is 2.03. The van der Waals surface area contributed by atoms with Crippen molar-refractivity contribution in [2.75, 3.05) is 14.2 Å². The van der Waals surface area contributed by atoms with Crippen LogP contribution in [0.3, 0.4) is 0 Å². The van der Waals surface area contributed by atoms with Crippen LogP contribution in [0.25, 0.3) is 0 Å². The third-order valence-corrected chi connectivity index (χ3v) is 3.33. The van der Waals surface area contributed by atoms with Gasteiger partial charge in [-0.1, -0.05) is 6.07 Å². The zero-order valence-electron chi connectivity index (χ0n) is 12.8. The van der Waals surface area contributed by atoms with E-state index in [4.69, 9.17) is 4.74 Å². The molecule has 2 amide bonds. The molecule has 0 aliphatic rings. The van der Waals surface area contributed by atoms with Gasteiger partial charge in [-0.25, -0.2) is 9.18 Å². The number of amides is 2. The van der Waals surface area contributed by atoms with Crippen LogP contribution in [-0.4, -0.2) is 34.9 Å². The average Bonchev–Trinajstić information content (AvgIpc) is 2.90. The number of ether oxygens (including phenoxy) is 1. The van der Waals surface area contributed by atoms with E-state index in [9.17, 15) is 9.18 Å². The number of hydrogen-bond donors (Lipinski definition) is 1. The lowest BCUT2D eigenvalue weighted by Gasteiger charge is -2.18. The molecule has 0 atom stereocenters. The SMILES string of the molecule is COc1ccc(CN(C)C(=O)NCc2ccnn2C)cc1F. The molecule has 0 radical (unpaired) electrons. The molecule has 0 bridgehead atoms. The van der Waals surface area contributed by atoms with Gasteiger partial charge in [0.05, 0.1) is 19.3 Å². The molecular formula is C15H19FN4O2. The Morgan fingerprint density at radius 2 is 2.23 bits per heavy atom. The molecule has 1 N–H and O–H groups in total. The fraction of sp³-hybridized carbons (Fsp3) is 0.333. The first-order chi connectivity index (χ1) is 10.5. The lowest BCUT2D eigenvalue weighted by molar-refractivity contribution is 0.206. The summed E-state index contributed by atoms with van der Waals surface area (Å²) in [5, 5.41) is 6.82. The Labute approximate surface area is 128 Å². The summed E-state index contributed by atoms with van der Waals surface area (Å²) in [5.74, 6) is -0.254. The van der Waals surface area contributed by atoms with Crippen molar-refractivity contribution in [3.8, 4) is 5.75 Å². The van der Waals surface area contributed by atoms with E-state index >= 15 is 0 Å². The Morgan fingerprint density at radius 3 is 2.82 bits per heavy atom. The van der Waals surface area contributed by atoms with Gasteiger partial charge in [-0.2, -0.15) is 5.10 Å². The quantitative estimate of drug-likeness (QED) is 0.918. The number of rotatable bonds is 5. The molecule has 1 heterocycles. The van der Waals surface area contributed by atoms with Crippen LogP contribution in [0.4, 0.5) is 9.18 Å². The normalized spacial score (nSPS) is 10.4. The van der Waals surface area contributed by atoms with E-state index in [1.807, 2.05) is 13.1 Å². The number of aryl methyl sites for hydroxylation is 1. The van der Waals surface area contributed by atoms with Crippen LogP contribution in [0.2, 0.25) is 0 Å². The predicted octanol–water partition coefficient (Wildman–Crippen LogP) is 1.91. The molecule has 2 aromatic rings. The molecule has 0 spiro atoms. The van der Waals surface area contributed by atoms with Gasteiger partial charge in [0.2, 0.25) is 0 Å². The lowest BCUT2D eigenvalue weighted by Crippen LogP contribution is -2.36. The maximum Gasteiger partial charge on any atom is 0.317 e. The van der Waals surface area contributed by atoms with E-state index in [1.165, 1.54) is 18.1 Å². The molecule has 7 heteroatoms. The van der Waals surface area contributed by atoms with Crippen molar-refractivity contribution in [2.24, 2.45) is 7.05 Å². The van der Waals surface area contributed by atoms with E-state index < -0.39 is 5.82 Å². The molecule has 0 aliphatic carbocycles. The standard InChI is InChI=1S/C15H19FN4O2/c1-19(10-11-4-5-14(22-3)13(16)8-11)15(21)17-9-12-6-7-18-20(12)2/h4-8H,9-10H2,1-3H3,(H,17,21). The number of nitrogens with zero attached hydrogens (tertiary/aromatic N) is 3. The van der Waals surface area contributed by atoms with Gasteiger partial charge in [0.1, 0.15) is 0 Å². The summed E-state index contributed by atoms with van der Waals surface area (Å²) in [6.07, 6.45) is 1.67. The average molecular weight is 306 g/mol. The second-order valence-electron chi connectivity index (χ2n) is 4.93. The van der Waals surface area contributed by atoms with Gasteiger partial charge in [-0.15, -0.1) is 0 Å². The first-order valence-electron chi connectivity index (χ1n) is 6.79. The lowest BCUT2D eigenvalue weighted by atomic mass is 10.2. The number of methoxy groups -OCH3 is 1. The number of aromatic nitrogens is 2. The van der Waals surface area contributed by atoms with Crippen LogP contribution >= 0.6 is 0 Å². The molecule has 6 nitrogen and oxygen atoms in total. The number of urea groups is 1. The molecule has 0 saturated carbocycles. The molecule has 1 aromatic heterocycles. The summed E-state index contributed by atoms with van der Waals surface area (Å²) >= 11 is 0. The van der Waals surface area contributed by atoms with Crippen molar-refractivity contribution >= 4 is 6.03 Å². The first-order valence-corrected chi connectivity index (χ1v) is 6.79. The molecule has 0 aliphatic heterocycles. The number of hydrogen-bond acceptors (Lipinski definition) is 3. The van der Waals surface area contributed by atoms with E-state index in [0.717, 1.165) is 5.69 Å². The Kier molecular flexibility index (Phi) is 4.98. The monoisotopic (exact) mass is 306 g/mol. The number of nitrogens with one attached hydrogen (secondary N) is 1. The summed E-state index contributed by atoms with van der Waals surface area (Å²) in [5.41, 5.74) is 1.59. The summed E-state index contributed by atoms with van der Waals surface area (Å²) < 4.78 is 20.2. The van der Waals surface area contributed by atoms with E-state index in [-0.39, 0.29) is 11.8 Å². The predicted molar refractivity (Wildman–Crippen MR) is 79.9 cm³/mol. The van der Waals surface area contributed by atoms with Crippen LogP contribution < -0.4 is 10.1 Å². The highest BCUT2D eigenvalue weighted by atomic mass is 19.1. The topological polar surface area (TPSA) is 59.4 Å². The smallest absolute Gasteiger partial charge is 0.317 e. The van der Waals surface area contributed by atoms with Crippen LogP contribution in [-0.2, 0) is 20.1 Å². The molecule has 22 heavy (non-hydrogen) atoms. The molecule has 2 rings (SSSR count). The van der Waals surface area contributed by atoms with Gasteiger partial charge in [0.25, 0.3) is 0 Å². The van der Waals surface area contributed by atoms with Crippen molar-refractivity contribution in [2.45, 2.75) is 13.1 Å². The second kappa shape index (κ2) is 6.93. The molecule has 0 fully saturated rings. The molecule has 118 valence electrons. The van der Waals surface area contributed by atoms with Gasteiger partial charge in [0, 0.05) is 26.8 Å². The summed E-state index contributed by atoms with van der Waals surface area (Å²) in [7, 11) is 4.88. The van der Waals surface area contributed by atoms with Gasteiger partial charge < -0.3 is 15.0 Å². The van der Waals surface area contributed by atoms with Gasteiger partial charge in [-0.05, 0) is 23.8 Å². The highest BCUT2D eigenvalue weighted by Gasteiger charge is 2.11. The van der Waals surface area contributed by atoms with Crippen molar-refractivity contribution in [1.29, 1.82) is 0 Å². The summed E-state index contributed by atoms with van der Waals surface area (Å²) in [6.45, 7) is 0.689. The van der Waals surface area contributed by atoms with Crippen molar-refractivity contribution in [3.05, 3.63) is 47.5 Å². The number of carbonyl (C=O) groups excluding carboxylic acids is 1. The van der Waals surface area contributed by atoms with Gasteiger partial charge in [-0.3, -0.25) is 4.68 Å². The van der Waals surface area contributed by atoms with E-state index in [1.54, 1.807) is 30.1 Å². The molecule has 0 saturated heterocycles. The van der Waals surface area contributed by atoms with Crippen molar-refractivity contribution < 1.29 is 13.9 Å². The van der Waals surface area contributed by atoms with Crippen LogP contribution in [0.15, 0.2) is 30.5 Å². The molecule has 0 unspecified atom stereocenters. The van der Waals surface area contributed by atoms with Crippen LogP contribution in [0.1, 0.15) is 11.3 Å². The minimum absolute atomic E-state index is 0.187. The van der Waals surface area contributed by atoms with Crippen molar-refractivity contribution in [1.82, 2.24) is 20.0 Å². The largest absolute Gasteiger partial charge is 0.494 e. The Bertz CT molecular complexity index is 657. The third kappa shape index (κ3) is 3.75. The minimum Gasteiger partial charge on any atom is -0.494 e. The summed E-state index contributed by atoms with van der Waals surface area (Å²) in [6, 6.07) is 6.24. The minimum atomic E-state index is -0.441. The Morgan fingerprint density at radius 1 is 1.45 bits per heavy atom.